The van der Waals surface area contributed by atoms with Crippen LogP contribution in [-0.2, 0) is 0 Å². The van der Waals surface area contributed by atoms with Crippen LogP contribution >= 0.6 is 11.6 Å². The number of amides is 1. The van der Waals surface area contributed by atoms with Crippen LogP contribution in [0.3, 0.4) is 0 Å². The lowest BCUT2D eigenvalue weighted by molar-refractivity contribution is 0.102. The topological polar surface area (TPSA) is 94.8 Å². The van der Waals surface area contributed by atoms with E-state index in [1.165, 1.54) is 12.1 Å². The van der Waals surface area contributed by atoms with Gasteiger partial charge in [0.2, 0.25) is 0 Å². The summed E-state index contributed by atoms with van der Waals surface area (Å²) in [4.78, 5) is 38.0. The molecule has 0 aliphatic heterocycles. The SMILES string of the molecule is O=C(Nc1ccc(F)c(Cl)c1)c1c[nH]c(=O)[nH]c1=O. The van der Waals surface area contributed by atoms with Gasteiger partial charge >= 0.3 is 5.69 Å². The van der Waals surface area contributed by atoms with Crippen LogP contribution in [0, 0.1) is 5.82 Å². The Labute approximate surface area is 110 Å². The molecule has 0 radical (unpaired) electrons. The largest absolute Gasteiger partial charge is 0.325 e. The summed E-state index contributed by atoms with van der Waals surface area (Å²) in [6.45, 7) is 0. The summed E-state index contributed by atoms with van der Waals surface area (Å²) < 4.78 is 12.9. The number of carbonyl (C=O) groups excluding carboxylic acids is 1. The molecule has 1 aromatic heterocycles. The lowest BCUT2D eigenvalue weighted by Gasteiger charge is -2.05. The molecule has 1 heterocycles. The zero-order chi connectivity index (χ0) is 14.0. The third kappa shape index (κ3) is 2.89. The van der Waals surface area contributed by atoms with Crippen molar-refractivity contribution in [1.82, 2.24) is 9.97 Å². The number of H-pyrrole nitrogens is 2. The standard InChI is InChI=1S/C11H7ClFN3O3/c12-7-3-5(1-2-8(7)13)15-9(17)6-4-14-11(19)16-10(6)18/h1-4H,(H,15,17)(H2,14,16,18,19). The van der Waals surface area contributed by atoms with Gasteiger partial charge in [-0.05, 0) is 18.2 Å². The van der Waals surface area contributed by atoms with Gasteiger partial charge in [-0.25, -0.2) is 9.18 Å². The van der Waals surface area contributed by atoms with Crippen molar-refractivity contribution in [3.8, 4) is 0 Å². The maximum absolute atomic E-state index is 12.9. The first kappa shape index (κ1) is 13.0. The highest BCUT2D eigenvalue weighted by Gasteiger charge is 2.11. The van der Waals surface area contributed by atoms with E-state index in [9.17, 15) is 18.8 Å². The van der Waals surface area contributed by atoms with E-state index in [0.717, 1.165) is 12.3 Å². The third-order valence-corrected chi connectivity index (χ3v) is 2.53. The summed E-state index contributed by atoms with van der Waals surface area (Å²) in [6.07, 6.45) is 0.988. The van der Waals surface area contributed by atoms with Gasteiger partial charge in [0.05, 0.1) is 5.02 Å². The van der Waals surface area contributed by atoms with Crippen LogP contribution in [0.4, 0.5) is 10.1 Å². The van der Waals surface area contributed by atoms with Crippen molar-refractivity contribution in [1.29, 1.82) is 0 Å². The number of benzene rings is 1. The molecule has 8 heteroatoms. The van der Waals surface area contributed by atoms with Crippen molar-refractivity contribution in [2.24, 2.45) is 0 Å². The van der Waals surface area contributed by atoms with Gasteiger partial charge < -0.3 is 10.3 Å². The molecule has 0 saturated carbocycles. The van der Waals surface area contributed by atoms with E-state index in [1.807, 2.05) is 4.98 Å². The number of nitrogens with one attached hydrogen (secondary N) is 3. The fourth-order valence-corrected chi connectivity index (χ4v) is 1.53. The van der Waals surface area contributed by atoms with E-state index in [-0.39, 0.29) is 16.3 Å². The summed E-state index contributed by atoms with van der Waals surface area (Å²) in [5.74, 6) is -1.37. The van der Waals surface area contributed by atoms with Crippen molar-refractivity contribution in [3.05, 3.63) is 61.6 Å². The van der Waals surface area contributed by atoms with Crippen molar-refractivity contribution in [2.45, 2.75) is 0 Å². The lowest BCUT2D eigenvalue weighted by Crippen LogP contribution is -2.29. The van der Waals surface area contributed by atoms with Crippen LogP contribution in [0.5, 0.6) is 0 Å². The molecule has 1 aromatic carbocycles. The van der Waals surface area contributed by atoms with E-state index >= 15 is 0 Å². The first-order valence-corrected chi connectivity index (χ1v) is 5.43. The van der Waals surface area contributed by atoms with Crippen LogP contribution in [0.1, 0.15) is 10.4 Å². The number of aromatic nitrogens is 2. The van der Waals surface area contributed by atoms with E-state index in [1.54, 1.807) is 0 Å². The second kappa shape index (κ2) is 5.07. The summed E-state index contributed by atoms with van der Waals surface area (Å²) in [7, 11) is 0. The molecule has 1 amide bonds. The van der Waals surface area contributed by atoms with Crippen molar-refractivity contribution in [2.75, 3.05) is 5.32 Å². The Kier molecular flexibility index (Phi) is 3.48. The van der Waals surface area contributed by atoms with Gasteiger partial charge in [0.25, 0.3) is 11.5 Å². The second-order valence-electron chi connectivity index (χ2n) is 3.57. The Balaban J connectivity index is 2.28. The first-order valence-electron chi connectivity index (χ1n) is 5.06. The minimum absolute atomic E-state index is 0.159. The fourth-order valence-electron chi connectivity index (χ4n) is 1.35. The Hall–Kier alpha value is -2.41. The molecule has 0 aliphatic rings. The third-order valence-electron chi connectivity index (χ3n) is 2.24. The predicted octanol–water partition coefficient (Wildman–Crippen LogP) is 1.11. The molecule has 0 spiro atoms. The second-order valence-corrected chi connectivity index (χ2v) is 3.98. The molecule has 0 atom stereocenters. The van der Waals surface area contributed by atoms with Gasteiger partial charge in [0, 0.05) is 11.9 Å². The molecule has 0 aliphatic carbocycles. The maximum atomic E-state index is 12.9. The molecule has 19 heavy (non-hydrogen) atoms. The fraction of sp³-hybridized carbons (Fsp3) is 0. The van der Waals surface area contributed by atoms with Crippen LogP contribution in [0.25, 0.3) is 0 Å². The number of hydrogen-bond donors (Lipinski definition) is 3. The average Bonchev–Trinajstić information content (AvgIpc) is 2.33. The Morgan fingerprint density at radius 1 is 1.32 bits per heavy atom. The molecule has 0 bridgehead atoms. The van der Waals surface area contributed by atoms with E-state index in [0.29, 0.717) is 0 Å². The highest BCUT2D eigenvalue weighted by molar-refractivity contribution is 6.31. The van der Waals surface area contributed by atoms with Gasteiger partial charge in [-0.3, -0.25) is 14.6 Å². The number of carbonyl (C=O) groups is 1. The maximum Gasteiger partial charge on any atom is 0.325 e. The lowest BCUT2D eigenvalue weighted by atomic mass is 10.2. The molecule has 0 unspecified atom stereocenters. The summed E-state index contributed by atoms with van der Waals surface area (Å²) in [6, 6.07) is 3.57. The van der Waals surface area contributed by atoms with Crippen LogP contribution in [0.2, 0.25) is 5.02 Å². The molecule has 3 N–H and O–H groups in total. The van der Waals surface area contributed by atoms with Crippen LogP contribution in [-0.4, -0.2) is 15.9 Å². The number of rotatable bonds is 2. The van der Waals surface area contributed by atoms with Crippen molar-refractivity contribution in [3.63, 3.8) is 0 Å². The molecular weight excluding hydrogens is 277 g/mol. The monoisotopic (exact) mass is 283 g/mol. The van der Waals surface area contributed by atoms with Gasteiger partial charge in [-0.2, -0.15) is 0 Å². The molecule has 0 saturated heterocycles. The number of halogens is 2. The van der Waals surface area contributed by atoms with Gasteiger partial charge in [-0.1, -0.05) is 11.6 Å². The van der Waals surface area contributed by atoms with Gasteiger partial charge in [-0.15, -0.1) is 0 Å². The van der Waals surface area contributed by atoms with Crippen molar-refractivity contribution >= 4 is 23.2 Å². The zero-order valence-electron chi connectivity index (χ0n) is 9.29. The highest BCUT2D eigenvalue weighted by Crippen LogP contribution is 2.19. The van der Waals surface area contributed by atoms with Crippen LogP contribution in [0.15, 0.2) is 34.0 Å². The molecule has 0 fully saturated rings. The number of hydrogen-bond acceptors (Lipinski definition) is 3. The predicted molar refractivity (Wildman–Crippen MR) is 67.0 cm³/mol. The molecule has 2 aromatic rings. The smallest absolute Gasteiger partial charge is 0.322 e. The van der Waals surface area contributed by atoms with Gasteiger partial charge in [0.1, 0.15) is 11.4 Å². The minimum Gasteiger partial charge on any atom is -0.322 e. The zero-order valence-corrected chi connectivity index (χ0v) is 10.0. The molecule has 6 nitrogen and oxygen atoms in total. The van der Waals surface area contributed by atoms with Crippen LogP contribution < -0.4 is 16.6 Å². The Morgan fingerprint density at radius 3 is 2.68 bits per heavy atom. The summed E-state index contributed by atoms with van der Waals surface area (Å²) >= 11 is 5.55. The van der Waals surface area contributed by atoms with Gasteiger partial charge in [0.15, 0.2) is 0 Å². The summed E-state index contributed by atoms with van der Waals surface area (Å²) in [5.41, 5.74) is -1.59. The Morgan fingerprint density at radius 2 is 2.05 bits per heavy atom. The molecular formula is C11H7ClFN3O3. The normalized spacial score (nSPS) is 10.2. The first-order chi connectivity index (χ1) is 8.97. The highest BCUT2D eigenvalue weighted by atomic mass is 35.5. The number of anilines is 1. The summed E-state index contributed by atoms with van der Waals surface area (Å²) in [5, 5.41) is 2.20. The molecule has 2 rings (SSSR count). The number of aromatic amines is 2. The van der Waals surface area contributed by atoms with E-state index in [2.05, 4.69) is 10.3 Å². The Bertz CT molecular complexity index is 753. The van der Waals surface area contributed by atoms with Crippen molar-refractivity contribution < 1.29 is 9.18 Å². The average molecular weight is 284 g/mol. The quantitative estimate of drug-likeness (QED) is 0.770. The minimum atomic E-state index is -0.825. The van der Waals surface area contributed by atoms with E-state index < -0.39 is 23.0 Å². The molecule has 98 valence electrons. The van der Waals surface area contributed by atoms with E-state index in [4.69, 9.17) is 11.6 Å².